The Morgan fingerprint density at radius 3 is 0.563 bits per heavy atom. The van der Waals surface area contributed by atoms with Crippen LogP contribution >= 0.6 is 0 Å². The smallest absolute Gasteiger partial charge is 0.119 e. The highest BCUT2D eigenvalue weighted by Gasteiger charge is 2.45. The Kier molecular flexibility index (Phi) is 20.4. The van der Waals surface area contributed by atoms with Gasteiger partial charge in [0.05, 0.1) is 5.41 Å². The van der Waals surface area contributed by atoms with Crippen molar-refractivity contribution in [2.24, 2.45) is 0 Å². The van der Waals surface area contributed by atoms with Gasteiger partial charge in [-0.25, -0.2) is 0 Å². The fraction of sp³-hybridized carbons (Fsp3) is 0.162. The Balaban J connectivity index is 0.549. The first kappa shape index (κ1) is 87.5. The zero-order chi connectivity index (χ0) is 96.5. The summed E-state index contributed by atoms with van der Waals surface area (Å²) in [7, 11) is 0. The molecule has 19 aromatic rings. The zero-order valence-corrected chi connectivity index (χ0v) is 82.7. The van der Waals surface area contributed by atoms with E-state index < -0.39 is 5.41 Å². The van der Waals surface area contributed by atoms with Crippen molar-refractivity contribution in [3.05, 3.63) is 536 Å². The summed E-state index contributed by atoms with van der Waals surface area (Å²) in [5.74, 6) is 2.28. The van der Waals surface area contributed by atoms with Gasteiger partial charge in [-0.3, -0.25) is 0 Å². The van der Waals surface area contributed by atoms with Crippen LogP contribution in [0.4, 0.5) is 51.2 Å². The van der Waals surface area contributed by atoms with Gasteiger partial charge in [0.1, 0.15) is 37.1 Å². The van der Waals surface area contributed by atoms with Crippen LogP contribution in [-0.2, 0) is 57.7 Å². The van der Waals surface area contributed by atoms with Gasteiger partial charge in [0, 0.05) is 83.7 Å². The molecule has 0 fully saturated rings. The molecule has 0 bridgehead atoms. The van der Waals surface area contributed by atoms with Gasteiger partial charge in [0.2, 0.25) is 0 Å². The Morgan fingerprint density at radius 2 is 0.345 bits per heavy atom. The summed E-state index contributed by atoms with van der Waals surface area (Å²) in [5, 5.41) is 0. The van der Waals surface area contributed by atoms with Crippen LogP contribution in [0.2, 0.25) is 0 Å². The molecule has 142 heavy (non-hydrogen) atoms. The van der Waals surface area contributed by atoms with E-state index in [4.69, 9.17) is 14.2 Å². The molecule has 0 aliphatic heterocycles. The van der Waals surface area contributed by atoms with Gasteiger partial charge in [0.25, 0.3) is 0 Å². The van der Waals surface area contributed by atoms with Crippen LogP contribution in [0.1, 0.15) is 189 Å². The average Bonchev–Trinajstić information content (AvgIpc) is 1.37. The Bertz CT molecular complexity index is 7240. The summed E-state index contributed by atoms with van der Waals surface area (Å²) in [6, 6.07) is 160. The third-order valence-corrected chi connectivity index (χ3v) is 32.7. The van der Waals surface area contributed by atoms with Crippen molar-refractivity contribution in [2.75, 3.05) is 14.7 Å². The normalized spacial score (nSPS) is 14.9. The van der Waals surface area contributed by atoms with Gasteiger partial charge >= 0.3 is 0 Å². The van der Waals surface area contributed by atoms with E-state index in [1.165, 1.54) is 134 Å². The Hall–Kier alpha value is -16.0. The molecular formula is C136H113N3O3. The molecule has 690 valence electrons. The summed E-state index contributed by atoms with van der Waals surface area (Å²) in [4.78, 5) is 7.36. The summed E-state index contributed by atoms with van der Waals surface area (Å²) < 4.78 is 21.1. The predicted octanol–water partition coefficient (Wildman–Crippen LogP) is 35.1. The lowest BCUT2D eigenvalue weighted by Crippen LogP contribution is -2.31. The van der Waals surface area contributed by atoms with Crippen molar-refractivity contribution >= 4 is 51.2 Å². The SMILES string of the molecule is CC1(C)c2ccccc2-c2ccc(N(c3cccc(COc4ccc(C(c5ccccc5)(c5ccc(OCc6cccc(N(c7ccc8c(c7)C(C)(C)c7ccccc7-8)c7ccc8c(c7)C(C)(C)c7ccccc7-8)c6)cc5)c5ccc(OCc6cccc(N(c7ccc8c(c7)C(C)(C)c7ccccc7-8)c7ccc8c(c7)C(C)(C)c7ccccc7-8)c6)cc5)cc4)c3)c3ccc4c(c3)C(C)(C)c3ccccc3-4)cc21. The molecule has 0 spiro atoms. The molecule has 6 nitrogen and oxygen atoms in total. The molecular weight excluding hydrogens is 1720 g/mol. The highest BCUT2D eigenvalue weighted by molar-refractivity contribution is 5.94. The van der Waals surface area contributed by atoms with Crippen LogP contribution in [0.25, 0.3) is 66.8 Å². The molecule has 6 aliphatic rings. The number of anilines is 9. The third kappa shape index (κ3) is 13.9. The van der Waals surface area contributed by atoms with Crippen molar-refractivity contribution in [3.8, 4) is 84.0 Å². The molecule has 19 aromatic carbocycles. The van der Waals surface area contributed by atoms with Crippen LogP contribution in [-0.4, -0.2) is 0 Å². The fourth-order valence-electron chi connectivity index (χ4n) is 25.3. The zero-order valence-electron chi connectivity index (χ0n) is 82.7. The van der Waals surface area contributed by atoms with E-state index in [9.17, 15) is 0 Å². The van der Waals surface area contributed by atoms with E-state index in [-0.39, 0.29) is 32.5 Å². The van der Waals surface area contributed by atoms with E-state index >= 15 is 0 Å². The monoisotopic (exact) mass is 1840 g/mol. The minimum atomic E-state index is -0.869. The average molecular weight is 1840 g/mol. The molecule has 0 atom stereocenters. The number of hydrogen-bond acceptors (Lipinski definition) is 6. The van der Waals surface area contributed by atoms with Crippen LogP contribution in [0.15, 0.2) is 431 Å². The number of ether oxygens (including phenoxy) is 3. The molecule has 25 rings (SSSR count). The first-order chi connectivity index (χ1) is 68.9. The maximum absolute atomic E-state index is 7.04. The molecule has 0 heterocycles. The van der Waals surface area contributed by atoms with Gasteiger partial charge in [-0.05, 0) is 318 Å². The largest absolute Gasteiger partial charge is 0.489 e. The van der Waals surface area contributed by atoms with Crippen LogP contribution in [0.5, 0.6) is 17.2 Å². The van der Waals surface area contributed by atoms with Gasteiger partial charge in [-0.2, -0.15) is 0 Å². The van der Waals surface area contributed by atoms with E-state index in [1.54, 1.807) is 0 Å². The lowest BCUT2D eigenvalue weighted by molar-refractivity contribution is 0.306. The summed E-state index contributed by atoms with van der Waals surface area (Å²) in [6.07, 6.45) is 0. The van der Waals surface area contributed by atoms with Crippen molar-refractivity contribution < 1.29 is 14.2 Å². The first-order valence-electron chi connectivity index (χ1n) is 50.3. The maximum Gasteiger partial charge on any atom is 0.119 e. The maximum atomic E-state index is 7.04. The minimum absolute atomic E-state index is 0.190. The van der Waals surface area contributed by atoms with E-state index in [2.05, 4.69) is 528 Å². The number of hydrogen-bond donors (Lipinski definition) is 0. The lowest BCUT2D eigenvalue weighted by atomic mass is 9.65. The standard InChI is InChI=1S/C136H113N3O3/c1-130(2)118-45-22-16-39-106(118)112-69-57-97(78-124(112)130)137(98-58-70-113-107-40-17-23-46-119(107)131(3,4)125(113)79-98)94-36-28-31-87(75-94)84-140-103-63-51-91(52-64-103)136(90-34-14-13-15-35-90,92-53-65-104(66-54-92)141-85-88-32-29-37-95(76-88)138(99-59-71-114-108-41-18-24-47-120(108)132(5,6)126(114)80-99)100-60-72-115-109-42-19-25-48-121(109)133(7,8)127(115)81-100)93-55-67-105(68-56-93)142-86-89-33-30-38-96(77-89)139(101-61-73-116-110-43-20-26-49-122(110)134(9,10)128(116)82-101)102-62-74-117-111-44-21-27-50-123(111)135(11,12)129(117)83-102/h13-83H,84-86H2,1-12H3. The molecule has 0 saturated carbocycles. The first-order valence-corrected chi connectivity index (χ1v) is 50.3. The number of benzene rings is 19. The van der Waals surface area contributed by atoms with Crippen molar-refractivity contribution in [1.82, 2.24) is 0 Å². The summed E-state index contributed by atoms with van der Waals surface area (Å²) >= 11 is 0. The predicted molar refractivity (Wildman–Crippen MR) is 587 cm³/mol. The van der Waals surface area contributed by atoms with Crippen LogP contribution in [0.3, 0.4) is 0 Å². The Labute approximate surface area is 835 Å². The number of fused-ring (bicyclic) bond motifs is 18. The highest BCUT2D eigenvalue weighted by Crippen LogP contribution is 2.60. The summed E-state index contributed by atoms with van der Waals surface area (Å²) in [6.45, 7) is 29.4. The van der Waals surface area contributed by atoms with Gasteiger partial charge in [-0.15, -0.1) is 0 Å². The third-order valence-electron chi connectivity index (χ3n) is 32.7. The van der Waals surface area contributed by atoms with Crippen molar-refractivity contribution in [3.63, 3.8) is 0 Å². The fourth-order valence-corrected chi connectivity index (χ4v) is 25.3. The molecule has 0 N–H and O–H groups in total. The number of rotatable bonds is 22. The highest BCUT2D eigenvalue weighted by atomic mass is 16.5. The van der Waals surface area contributed by atoms with Crippen molar-refractivity contribution in [2.45, 2.75) is 141 Å². The quantitative estimate of drug-likeness (QED) is 0.0630. The van der Waals surface area contributed by atoms with E-state index in [0.717, 1.165) is 107 Å². The van der Waals surface area contributed by atoms with Gasteiger partial charge < -0.3 is 28.9 Å². The molecule has 0 aromatic heterocycles. The second-order valence-electron chi connectivity index (χ2n) is 43.0. The summed E-state index contributed by atoms with van der Waals surface area (Å²) in [5.41, 5.74) is 46.9. The van der Waals surface area contributed by atoms with Crippen LogP contribution < -0.4 is 28.9 Å². The minimum Gasteiger partial charge on any atom is -0.489 e. The topological polar surface area (TPSA) is 37.4 Å². The molecule has 0 amide bonds. The van der Waals surface area contributed by atoms with Crippen molar-refractivity contribution in [1.29, 1.82) is 0 Å². The second-order valence-corrected chi connectivity index (χ2v) is 43.0. The number of nitrogens with zero attached hydrogens (tertiary/aromatic N) is 3. The van der Waals surface area contributed by atoms with Gasteiger partial charge in [-0.1, -0.05) is 368 Å². The molecule has 6 heteroatoms. The molecule has 0 radical (unpaired) electrons. The van der Waals surface area contributed by atoms with E-state index in [1.807, 2.05) is 0 Å². The molecule has 0 unspecified atom stereocenters. The van der Waals surface area contributed by atoms with E-state index in [0.29, 0.717) is 19.8 Å². The van der Waals surface area contributed by atoms with Crippen LogP contribution in [0, 0.1) is 0 Å². The molecule has 0 saturated heterocycles. The Morgan fingerprint density at radius 1 is 0.162 bits per heavy atom. The molecule has 6 aliphatic carbocycles. The lowest BCUT2D eigenvalue weighted by Gasteiger charge is -2.37. The second kappa shape index (κ2) is 33.1. The van der Waals surface area contributed by atoms with Gasteiger partial charge in [0.15, 0.2) is 0 Å².